The number of nitro groups is 1. The van der Waals surface area contributed by atoms with Gasteiger partial charge in [-0.3, -0.25) is 14.9 Å². The van der Waals surface area contributed by atoms with Gasteiger partial charge in [0, 0.05) is 17.7 Å². The molecule has 0 saturated heterocycles. The highest BCUT2D eigenvalue weighted by Gasteiger charge is 2.25. The van der Waals surface area contributed by atoms with Crippen molar-refractivity contribution >= 4 is 34.4 Å². The first-order valence-electron chi connectivity index (χ1n) is 10.4. The van der Waals surface area contributed by atoms with Crippen molar-refractivity contribution in [3.63, 3.8) is 0 Å². The molecule has 1 atom stereocenters. The molecule has 1 amide bonds. The van der Waals surface area contributed by atoms with Gasteiger partial charge in [0.1, 0.15) is 5.75 Å². The molecule has 11 heteroatoms. The zero-order valence-electron chi connectivity index (χ0n) is 19.0. The average Bonchev–Trinajstić information content (AvgIpc) is 3.24. The number of ether oxygens (including phenoxy) is 2. The molecule has 35 heavy (non-hydrogen) atoms. The SMILES string of the molecule is COc1ccc([N+](=O)[O-])cc1NC(=O)C(C)OC(=O)c1cc(-c2ccccc2)nc2onc(C)c12. The summed E-state index contributed by atoms with van der Waals surface area (Å²) in [5.74, 6) is -1.27. The van der Waals surface area contributed by atoms with Crippen molar-refractivity contribution in [3.05, 3.63) is 76.0 Å². The molecule has 0 aliphatic carbocycles. The first-order chi connectivity index (χ1) is 16.8. The lowest BCUT2D eigenvalue weighted by Gasteiger charge is -2.15. The highest BCUT2D eigenvalue weighted by Crippen LogP contribution is 2.30. The second kappa shape index (κ2) is 9.59. The molecule has 178 valence electrons. The van der Waals surface area contributed by atoms with Crippen LogP contribution in [-0.2, 0) is 9.53 Å². The van der Waals surface area contributed by atoms with E-state index in [-0.39, 0.29) is 28.4 Å². The number of nitrogens with zero attached hydrogens (tertiary/aromatic N) is 3. The number of anilines is 1. The second-order valence-corrected chi connectivity index (χ2v) is 7.55. The second-order valence-electron chi connectivity index (χ2n) is 7.55. The molecule has 0 fully saturated rings. The van der Waals surface area contributed by atoms with E-state index >= 15 is 0 Å². The van der Waals surface area contributed by atoms with Crippen molar-refractivity contribution in [2.45, 2.75) is 20.0 Å². The van der Waals surface area contributed by atoms with Crippen LogP contribution < -0.4 is 10.1 Å². The molecule has 11 nitrogen and oxygen atoms in total. The number of non-ortho nitro benzene ring substituents is 1. The molecule has 2 heterocycles. The summed E-state index contributed by atoms with van der Waals surface area (Å²) in [4.78, 5) is 40.8. The van der Waals surface area contributed by atoms with E-state index in [1.165, 1.54) is 26.2 Å². The molecule has 2 aromatic heterocycles. The number of methoxy groups -OCH3 is 1. The number of esters is 1. The van der Waals surface area contributed by atoms with Crippen LogP contribution in [0.4, 0.5) is 11.4 Å². The molecule has 0 aliphatic rings. The number of nitro benzene ring substituents is 1. The standard InChI is InChI=1S/C24H20N4O7/c1-13-21-17(12-18(26-23(21)35-27-13)15-7-5-4-6-8-15)24(30)34-14(2)22(29)25-19-11-16(28(31)32)9-10-20(19)33-3/h4-12,14H,1-3H3,(H,25,29). The van der Waals surface area contributed by atoms with Gasteiger partial charge in [0.15, 0.2) is 6.10 Å². The van der Waals surface area contributed by atoms with Gasteiger partial charge in [-0.25, -0.2) is 9.78 Å². The molecule has 4 aromatic rings. The highest BCUT2D eigenvalue weighted by molar-refractivity contribution is 6.05. The van der Waals surface area contributed by atoms with Crippen molar-refractivity contribution in [2.75, 3.05) is 12.4 Å². The van der Waals surface area contributed by atoms with E-state index in [4.69, 9.17) is 14.0 Å². The van der Waals surface area contributed by atoms with Crippen molar-refractivity contribution in [3.8, 4) is 17.0 Å². The van der Waals surface area contributed by atoms with Crippen LogP contribution in [0, 0.1) is 17.0 Å². The summed E-state index contributed by atoms with van der Waals surface area (Å²) in [6.07, 6.45) is -1.24. The fraction of sp³-hybridized carbons (Fsp3) is 0.167. The maximum Gasteiger partial charge on any atom is 0.339 e. The van der Waals surface area contributed by atoms with E-state index in [0.717, 1.165) is 11.6 Å². The predicted octanol–water partition coefficient (Wildman–Crippen LogP) is 4.30. The number of nitrogens with one attached hydrogen (secondary N) is 1. The van der Waals surface area contributed by atoms with E-state index in [9.17, 15) is 19.7 Å². The van der Waals surface area contributed by atoms with Crippen LogP contribution >= 0.6 is 0 Å². The quantitative estimate of drug-likeness (QED) is 0.234. The van der Waals surface area contributed by atoms with Crippen LogP contribution in [0.5, 0.6) is 5.75 Å². The number of rotatable bonds is 7. The molecule has 2 aromatic carbocycles. The Bertz CT molecular complexity index is 1430. The van der Waals surface area contributed by atoms with Crippen molar-refractivity contribution < 1.29 is 28.5 Å². The number of hydrogen-bond acceptors (Lipinski definition) is 9. The number of fused-ring (bicyclic) bond motifs is 1. The summed E-state index contributed by atoms with van der Waals surface area (Å²) in [5, 5.41) is 17.9. The topological polar surface area (TPSA) is 147 Å². The smallest absolute Gasteiger partial charge is 0.339 e. The summed E-state index contributed by atoms with van der Waals surface area (Å²) in [5.41, 5.74) is 1.80. The molecule has 0 bridgehead atoms. The van der Waals surface area contributed by atoms with Crippen molar-refractivity contribution in [1.82, 2.24) is 10.1 Å². The Balaban J connectivity index is 1.60. The van der Waals surface area contributed by atoms with Gasteiger partial charge in [0.2, 0.25) is 0 Å². The van der Waals surface area contributed by atoms with Gasteiger partial charge in [-0.2, -0.15) is 0 Å². The molecule has 0 saturated carbocycles. The number of carbonyl (C=O) groups excluding carboxylic acids is 2. The zero-order chi connectivity index (χ0) is 25.1. The van der Waals surface area contributed by atoms with Crippen LogP contribution in [0.15, 0.2) is 59.1 Å². The fourth-order valence-corrected chi connectivity index (χ4v) is 3.43. The first kappa shape index (κ1) is 23.4. The van der Waals surface area contributed by atoms with Gasteiger partial charge < -0.3 is 19.3 Å². The molecule has 1 unspecified atom stereocenters. The lowest BCUT2D eigenvalue weighted by Crippen LogP contribution is -2.30. The molecule has 1 N–H and O–H groups in total. The number of benzene rings is 2. The number of aryl methyl sites for hydroxylation is 1. The summed E-state index contributed by atoms with van der Waals surface area (Å²) in [6, 6.07) is 14.5. The zero-order valence-corrected chi connectivity index (χ0v) is 19.0. The fourth-order valence-electron chi connectivity index (χ4n) is 3.43. The summed E-state index contributed by atoms with van der Waals surface area (Å²) < 4.78 is 15.8. The molecular formula is C24H20N4O7. The van der Waals surface area contributed by atoms with E-state index in [1.54, 1.807) is 13.0 Å². The van der Waals surface area contributed by atoms with Crippen LogP contribution in [0.25, 0.3) is 22.4 Å². The van der Waals surface area contributed by atoms with E-state index in [1.807, 2.05) is 30.3 Å². The maximum atomic E-state index is 13.1. The third kappa shape index (κ3) is 4.78. The van der Waals surface area contributed by atoms with E-state index in [2.05, 4.69) is 15.5 Å². The minimum Gasteiger partial charge on any atom is -0.495 e. The number of pyridine rings is 1. The third-order valence-electron chi connectivity index (χ3n) is 5.21. The largest absolute Gasteiger partial charge is 0.495 e. The molecular weight excluding hydrogens is 456 g/mol. The Labute approximate surface area is 198 Å². The van der Waals surface area contributed by atoms with Crippen LogP contribution in [0.2, 0.25) is 0 Å². The van der Waals surface area contributed by atoms with Crippen LogP contribution in [-0.4, -0.2) is 40.2 Å². The molecule has 0 radical (unpaired) electrons. The van der Waals surface area contributed by atoms with Gasteiger partial charge in [-0.05, 0) is 26.0 Å². The molecule has 0 spiro atoms. The Kier molecular flexibility index (Phi) is 6.40. The van der Waals surface area contributed by atoms with Gasteiger partial charge in [0.25, 0.3) is 17.3 Å². The van der Waals surface area contributed by atoms with Gasteiger partial charge in [-0.15, -0.1) is 0 Å². The minimum atomic E-state index is -1.24. The minimum absolute atomic E-state index is 0.0714. The number of aromatic nitrogens is 2. The lowest BCUT2D eigenvalue weighted by molar-refractivity contribution is -0.384. The molecule has 0 aliphatic heterocycles. The Morgan fingerprint density at radius 3 is 2.57 bits per heavy atom. The van der Waals surface area contributed by atoms with E-state index in [0.29, 0.717) is 16.8 Å². The van der Waals surface area contributed by atoms with Gasteiger partial charge in [0.05, 0.1) is 40.1 Å². The average molecular weight is 476 g/mol. The number of amides is 1. The Morgan fingerprint density at radius 1 is 1.14 bits per heavy atom. The highest BCUT2D eigenvalue weighted by atomic mass is 16.6. The van der Waals surface area contributed by atoms with Gasteiger partial charge >= 0.3 is 5.97 Å². The maximum absolute atomic E-state index is 13.1. The lowest BCUT2D eigenvalue weighted by atomic mass is 10.1. The Morgan fingerprint density at radius 2 is 1.89 bits per heavy atom. The molecule has 4 rings (SSSR count). The van der Waals surface area contributed by atoms with Crippen molar-refractivity contribution in [1.29, 1.82) is 0 Å². The first-order valence-corrected chi connectivity index (χ1v) is 10.4. The Hall–Kier alpha value is -4.80. The number of hydrogen-bond donors (Lipinski definition) is 1. The van der Waals surface area contributed by atoms with E-state index < -0.39 is 22.9 Å². The van der Waals surface area contributed by atoms with Crippen LogP contribution in [0.3, 0.4) is 0 Å². The normalized spacial score (nSPS) is 11.6. The number of carbonyl (C=O) groups is 2. The summed E-state index contributed by atoms with van der Waals surface area (Å²) in [6.45, 7) is 3.05. The monoisotopic (exact) mass is 476 g/mol. The van der Waals surface area contributed by atoms with Gasteiger partial charge in [-0.1, -0.05) is 35.5 Å². The van der Waals surface area contributed by atoms with Crippen molar-refractivity contribution in [2.24, 2.45) is 0 Å². The predicted molar refractivity (Wildman–Crippen MR) is 125 cm³/mol. The third-order valence-corrected chi connectivity index (χ3v) is 5.21. The summed E-state index contributed by atoms with van der Waals surface area (Å²) >= 11 is 0. The summed E-state index contributed by atoms with van der Waals surface area (Å²) in [7, 11) is 1.36. The van der Waals surface area contributed by atoms with Crippen LogP contribution in [0.1, 0.15) is 23.0 Å².